The Morgan fingerprint density at radius 3 is 2.48 bits per heavy atom. The maximum atomic E-state index is 14.6. The summed E-state index contributed by atoms with van der Waals surface area (Å²) in [6.45, 7) is 4.95. The summed E-state index contributed by atoms with van der Waals surface area (Å²) in [5.74, 6) is -0.900. The number of allylic oxidation sites excluding steroid dienone is 1. The molecule has 8 rings (SSSR count). The predicted octanol–water partition coefficient (Wildman–Crippen LogP) is 9.90. The van der Waals surface area contributed by atoms with Crippen LogP contribution in [0.5, 0.6) is 23.0 Å². The Labute approximate surface area is 403 Å². The first-order chi connectivity index (χ1) is 33.7. The summed E-state index contributed by atoms with van der Waals surface area (Å²) in [6.07, 6.45) is 9.02. The molecule has 368 valence electrons. The first kappa shape index (κ1) is 49.3. The number of aliphatic hydroxyl groups excluding tert-OH is 2. The van der Waals surface area contributed by atoms with E-state index in [0.717, 1.165) is 66.0 Å². The van der Waals surface area contributed by atoms with E-state index in [9.17, 15) is 19.8 Å². The fraction of sp³-hybridized carbons (Fsp3) is 0.463. The number of methoxy groups -OCH3 is 3. The van der Waals surface area contributed by atoms with Crippen LogP contribution in [0.15, 0.2) is 108 Å². The van der Waals surface area contributed by atoms with Gasteiger partial charge in [0, 0.05) is 43.6 Å². The highest BCUT2D eigenvalue weighted by Crippen LogP contribution is 2.62. The molecule has 4 aromatic rings. The molecular weight excluding hydrogens is 883 g/mol. The van der Waals surface area contributed by atoms with Crippen molar-refractivity contribution in [1.29, 1.82) is 0 Å². The van der Waals surface area contributed by atoms with Crippen LogP contribution in [0.25, 0.3) is 10.8 Å². The number of carbonyl (C=O) groups excluding carboxylic acids is 2. The molecule has 7 atom stereocenters. The molecule has 4 aliphatic rings. The van der Waals surface area contributed by atoms with Crippen molar-refractivity contribution in [2.24, 2.45) is 22.9 Å². The third kappa shape index (κ3) is 10.7. The molecule has 15 heteroatoms. The average Bonchev–Trinajstić information content (AvgIpc) is 3.38. The number of unbranched alkanes of at least 4 members (excludes halogenated alkanes) is 2. The number of hydrogen-bond acceptors (Lipinski definition) is 13. The lowest BCUT2D eigenvalue weighted by molar-refractivity contribution is -0.256. The van der Waals surface area contributed by atoms with E-state index in [1.807, 2.05) is 48.5 Å². The molecule has 7 unspecified atom stereocenters. The van der Waals surface area contributed by atoms with E-state index in [0.29, 0.717) is 54.5 Å². The zero-order valence-electron chi connectivity index (χ0n) is 39.8. The van der Waals surface area contributed by atoms with Gasteiger partial charge in [-0.2, -0.15) is 0 Å². The van der Waals surface area contributed by atoms with Crippen LogP contribution in [0.2, 0.25) is 0 Å². The molecule has 15 nitrogen and oxygen atoms in total. The van der Waals surface area contributed by atoms with Gasteiger partial charge in [-0.25, -0.2) is 9.59 Å². The van der Waals surface area contributed by atoms with E-state index in [4.69, 9.17) is 43.2 Å². The number of anilines is 1. The lowest BCUT2D eigenvalue weighted by Gasteiger charge is -2.59. The van der Waals surface area contributed by atoms with Crippen LogP contribution in [0.3, 0.4) is 0 Å². The SMILES string of the molecule is C=CCOC12Oc3ccc(OC(=O)Nc4ccc(OC)cc4OC)cc3C3C(CCCCO)C(CCCCO)C=C(C(=NOC4CCCCO4)CC1N(Cc1cccc4ccccc14)C(=O)OC)C32. The largest absolute Gasteiger partial charge is 0.497 e. The van der Waals surface area contributed by atoms with Crippen LogP contribution in [0, 0.1) is 17.8 Å². The summed E-state index contributed by atoms with van der Waals surface area (Å²) in [6, 6.07) is 23.6. The third-order valence-electron chi connectivity index (χ3n) is 13.9. The first-order valence-electron chi connectivity index (χ1n) is 24.1. The molecule has 2 aliphatic heterocycles. The molecule has 69 heavy (non-hydrogen) atoms. The summed E-state index contributed by atoms with van der Waals surface area (Å²) in [5, 5.41) is 29.8. The highest BCUT2D eigenvalue weighted by atomic mass is 16.8. The van der Waals surface area contributed by atoms with Crippen LogP contribution in [-0.2, 0) is 25.6 Å². The minimum absolute atomic E-state index is 0.0231. The fourth-order valence-corrected chi connectivity index (χ4v) is 10.8. The van der Waals surface area contributed by atoms with E-state index in [2.05, 4.69) is 18.0 Å². The minimum atomic E-state index is -1.55. The number of nitrogens with zero attached hydrogens (tertiary/aromatic N) is 2. The number of hydrogen-bond donors (Lipinski definition) is 3. The topological polar surface area (TPSA) is 176 Å². The van der Waals surface area contributed by atoms with E-state index in [1.165, 1.54) is 14.2 Å². The van der Waals surface area contributed by atoms with Gasteiger partial charge in [0.25, 0.3) is 0 Å². The quantitative estimate of drug-likeness (QED) is 0.0435. The van der Waals surface area contributed by atoms with Gasteiger partial charge in [-0.3, -0.25) is 10.2 Å². The Balaban J connectivity index is 1.30. The minimum Gasteiger partial charge on any atom is -0.497 e. The van der Waals surface area contributed by atoms with Gasteiger partial charge in [-0.1, -0.05) is 72.6 Å². The van der Waals surface area contributed by atoms with Crippen molar-refractivity contribution in [3.63, 3.8) is 0 Å². The summed E-state index contributed by atoms with van der Waals surface area (Å²) in [7, 11) is 4.43. The molecule has 3 N–H and O–H groups in total. The second-order valence-electron chi connectivity index (χ2n) is 18.0. The predicted molar refractivity (Wildman–Crippen MR) is 261 cm³/mol. The zero-order valence-corrected chi connectivity index (χ0v) is 39.8. The maximum Gasteiger partial charge on any atom is 0.417 e. The zero-order chi connectivity index (χ0) is 48.3. The van der Waals surface area contributed by atoms with Gasteiger partial charge in [0.05, 0.1) is 58.4 Å². The molecule has 4 aromatic carbocycles. The molecule has 2 heterocycles. The summed E-state index contributed by atoms with van der Waals surface area (Å²) in [5.41, 5.74) is 3.57. The average molecular weight is 948 g/mol. The van der Waals surface area contributed by atoms with Crippen LogP contribution >= 0.6 is 0 Å². The van der Waals surface area contributed by atoms with Crippen LogP contribution < -0.4 is 24.3 Å². The standard InChI is InChI=1S/C54H65N3O12/c1-5-28-66-54-48(57(53(61)64-4)34-37-18-14-17-35-15-6-7-19-40(35)37)33-45(56-69-49-21-10-13-29-65-49)42-30-36(16-8-11-26-58)41(20-9-12-27-59)50(51(42)54)43-31-39(23-25-46(43)68-54)67-52(60)55-44-24-22-38(62-2)32-47(44)63-3/h5-7,14-15,17-19,22-25,30-32,36,41,48-51,58-59H,1,8-13,16,20-21,26-29,33-34H2,2-4H3,(H,55,60). The van der Waals surface area contributed by atoms with Crippen LogP contribution in [0.1, 0.15) is 81.3 Å². The lowest BCUT2D eigenvalue weighted by Crippen LogP contribution is -2.70. The Bertz CT molecular complexity index is 2480. The van der Waals surface area contributed by atoms with E-state index in [1.54, 1.807) is 48.4 Å². The van der Waals surface area contributed by atoms with E-state index in [-0.39, 0.29) is 56.3 Å². The highest BCUT2D eigenvalue weighted by molar-refractivity contribution is 6.03. The number of carbonyl (C=O) groups is 2. The second kappa shape index (κ2) is 23.0. The molecule has 0 spiro atoms. The number of ether oxygens (including phenoxy) is 7. The van der Waals surface area contributed by atoms with Crippen molar-refractivity contribution in [3.8, 4) is 23.0 Å². The van der Waals surface area contributed by atoms with Crippen molar-refractivity contribution in [1.82, 2.24) is 4.90 Å². The molecule has 0 radical (unpaired) electrons. The molecule has 1 saturated carbocycles. The Morgan fingerprint density at radius 1 is 0.928 bits per heavy atom. The molecule has 2 amide bonds. The van der Waals surface area contributed by atoms with Gasteiger partial charge in [0.2, 0.25) is 12.1 Å². The summed E-state index contributed by atoms with van der Waals surface area (Å²) in [4.78, 5) is 36.3. The molecular formula is C54H65N3O12. The Hall–Kier alpha value is -6.13. The number of fused-ring (bicyclic) bond motifs is 3. The van der Waals surface area contributed by atoms with Crippen molar-refractivity contribution < 1.29 is 57.8 Å². The normalized spacial score (nSPS) is 24.2. The number of aliphatic hydroxyl groups is 2. The first-order valence-corrected chi connectivity index (χ1v) is 24.1. The number of amides is 2. The Morgan fingerprint density at radius 2 is 1.72 bits per heavy atom. The van der Waals surface area contributed by atoms with Gasteiger partial charge in [-0.05, 0) is 103 Å². The summed E-state index contributed by atoms with van der Waals surface area (Å²) < 4.78 is 43.1. The van der Waals surface area contributed by atoms with Gasteiger partial charge in [0.15, 0.2) is 0 Å². The van der Waals surface area contributed by atoms with Gasteiger partial charge in [-0.15, -0.1) is 6.58 Å². The van der Waals surface area contributed by atoms with Crippen molar-refractivity contribution in [3.05, 3.63) is 114 Å². The summed E-state index contributed by atoms with van der Waals surface area (Å²) >= 11 is 0. The fourth-order valence-electron chi connectivity index (χ4n) is 10.8. The van der Waals surface area contributed by atoms with Crippen molar-refractivity contribution in [2.45, 2.75) is 94.8 Å². The smallest absolute Gasteiger partial charge is 0.417 e. The molecule has 2 fully saturated rings. The molecule has 0 bridgehead atoms. The van der Waals surface area contributed by atoms with Gasteiger partial charge < -0.3 is 48.2 Å². The monoisotopic (exact) mass is 947 g/mol. The maximum absolute atomic E-state index is 14.6. The van der Waals surface area contributed by atoms with Crippen molar-refractivity contribution in [2.75, 3.05) is 53.1 Å². The lowest BCUT2D eigenvalue weighted by atomic mass is 9.55. The van der Waals surface area contributed by atoms with Crippen molar-refractivity contribution >= 4 is 34.4 Å². The Kier molecular flexibility index (Phi) is 16.4. The number of nitrogens with one attached hydrogen (secondary N) is 1. The highest BCUT2D eigenvalue weighted by Gasteiger charge is 2.66. The number of rotatable bonds is 20. The molecule has 0 aromatic heterocycles. The third-order valence-corrected chi connectivity index (χ3v) is 13.9. The van der Waals surface area contributed by atoms with E-state index >= 15 is 0 Å². The van der Waals surface area contributed by atoms with Crippen LogP contribution in [0.4, 0.5) is 15.3 Å². The number of benzene rings is 4. The molecule has 2 aliphatic carbocycles. The number of oxime groups is 1. The van der Waals surface area contributed by atoms with Gasteiger partial charge in [0.1, 0.15) is 29.0 Å². The van der Waals surface area contributed by atoms with Crippen LogP contribution in [-0.4, -0.2) is 98.9 Å². The van der Waals surface area contributed by atoms with Gasteiger partial charge >= 0.3 is 12.2 Å². The van der Waals surface area contributed by atoms with E-state index < -0.39 is 36.2 Å². The second-order valence-corrected chi connectivity index (χ2v) is 18.0. The molecule has 1 saturated heterocycles.